The van der Waals surface area contributed by atoms with Crippen LogP contribution in [0, 0.1) is 29.6 Å². The molecule has 0 aliphatic carbocycles. The molecule has 24 atom stereocenters. The average molecular weight is 903 g/mol. The molecule has 0 amide bonds. The third kappa shape index (κ3) is 9.39. The molecule has 7 heterocycles. The van der Waals surface area contributed by atoms with Crippen LogP contribution in [0.3, 0.4) is 0 Å². The highest BCUT2D eigenvalue weighted by Crippen LogP contribution is 2.54. The molecule has 1 spiro atoms. The largest absolute Gasteiger partial charge is 0.481 e. The van der Waals surface area contributed by atoms with Gasteiger partial charge < -0.3 is 77.6 Å². The first kappa shape index (κ1) is 49.8. The van der Waals surface area contributed by atoms with Crippen molar-refractivity contribution in [2.75, 3.05) is 21.3 Å². The third-order valence-electron chi connectivity index (χ3n) is 16.5. The van der Waals surface area contributed by atoms with E-state index < -0.39 is 108 Å². The molecule has 7 aliphatic rings. The zero-order valence-corrected chi connectivity index (χ0v) is 39.5. The molecule has 364 valence electrons. The lowest BCUT2D eigenvalue weighted by molar-refractivity contribution is -0.363. The zero-order chi connectivity index (χ0) is 46.2. The summed E-state index contributed by atoms with van der Waals surface area (Å²) in [4.78, 5) is 11.8. The second kappa shape index (κ2) is 18.4. The summed E-state index contributed by atoms with van der Waals surface area (Å²) in [5, 5.41) is 55.2. The van der Waals surface area contributed by atoms with E-state index in [2.05, 4.69) is 13.8 Å². The van der Waals surface area contributed by atoms with Crippen molar-refractivity contribution >= 4 is 5.97 Å². The third-order valence-corrected chi connectivity index (χ3v) is 16.5. The van der Waals surface area contributed by atoms with E-state index in [1.54, 1.807) is 21.1 Å². The van der Waals surface area contributed by atoms with Gasteiger partial charge in [0, 0.05) is 70.7 Å². The van der Waals surface area contributed by atoms with E-state index in [4.69, 9.17) is 52.1 Å². The lowest BCUT2D eigenvalue weighted by atomic mass is 9.75. The maximum absolute atomic E-state index is 11.8. The second-order valence-corrected chi connectivity index (χ2v) is 21.1. The predicted molar refractivity (Wildman–Crippen MR) is 223 cm³/mol. The SMILES string of the molecule is COC1CC(OC2CC(C3OC(C)(O)C(C)CC3C)OC2C2(C)CCC(C3(C)CCC4(CC(O)C(C)C(C(C)C5OC(O)(CC(=O)O)C(C)C(O)C5OC)O4)O3)O2)OC(C)C1OC. The fourth-order valence-electron chi connectivity index (χ4n) is 12.3. The summed E-state index contributed by atoms with van der Waals surface area (Å²) >= 11 is 0. The van der Waals surface area contributed by atoms with Gasteiger partial charge in [-0.1, -0.05) is 34.6 Å². The van der Waals surface area contributed by atoms with Gasteiger partial charge in [0.05, 0.1) is 78.7 Å². The Morgan fingerprint density at radius 3 is 2.14 bits per heavy atom. The summed E-state index contributed by atoms with van der Waals surface area (Å²) in [6, 6.07) is 0. The molecule has 0 aromatic heterocycles. The highest BCUT2D eigenvalue weighted by molar-refractivity contribution is 5.68. The Hall–Kier alpha value is -1.13. The molecule has 17 nitrogen and oxygen atoms in total. The van der Waals surface area contributed by atoms with Gasteiger partial charge in [-0.25, -0.2) is 0 Å². The molecule has 5 N–H and O–H groups in total. The lowest BCUT2D eigenvalue weighted by Crippen LogP contribution is -2.65. The van der Waals surface area contributed by atoms with E-state index >= 15 is 0 Å². The molecule has 17 heteroatoms. The number of carboxylic acids is 1. The van der Waals surface area contributed by atoms with Crippen LogP contribution in [0.5, 0.6) is 0 Å². The molecule has 7 rings (SSSR count). The summed E-state index contributed by atoms with van der Waals surface area (Å²) in [6.07, 6.45) is -4.46. The number of hydrogen-bond donors (Lipinski definition) is 5. The molecule has 24 unspecified atom stereocenters. The molecular formula is C46H78O17. The van der Waals surface area contributed by atoms with Crippen LogP contribution in [0.4, 0.5) is 0 Å². The minimum absolute atomic E-state index is 0.0453. The number of aliphatic hydroxyl groups excluding tert-OH is 2. The van der Waals surface area contributed by atoms with Crippen molar-refractivity contribution in [1.29, 1.82) is 0 Å². The van der Waals surface area contributed by atoms with Crippen LogP contribution in [-0.4, -0.2) is 167 Å². The smallest absolute Gasteiger partial charge is 0.308 e. The van der Waals surface area contributed by atoms with Gasteiger partial charge in [0.1, 0.15) is 18.3 Å². The van der Waals surface area contributed by atoms with Crippen molar-refractivity contribution in [3.05, 3.63) is 0 Å². The molecule has 7 aliphatic heterocycles. The van der Waals surface area contributed by atoms with Crippen LogP contribution in [0.2, 0.25) is 0 Å². The lowest BCUT2D eigenvalue weighted by Gasteiger charge is -2.53. The Morgan fingerprint density at radius 2 is 1.49 bits per heavy atom. The number of aliphatic carboxylic acids is 1. The Kier molecular flexibility index (Phi) is 14.5. The van der Waals surface area contributed by atoms with Crippen molar-refractivity contribution in [1.82, 2.24) is 0 Å². The van der Waals surface area contributed by atoms with Crippen molar-refractivity contribution in [3.8, 4) is 0 Å². The van der Waals surface area contributed by atoms with Gasteiger partial charge in [0.25, 0.3) is 0 Å². The van der Waals surface area contributed by atoms with Crippen LogP contribution >= 0.6 is 0 Å². The normalized spacial score (nSPS) is 54.7. The first-order valence-electron chi connectivity index (χ1n) is 23.4. The predicted octanol–water partition coefficient (Wildman–Crippen LogP) is 3.66. The van der Waals surface area contributed by atoms with Crippen molar-refractivity contribution in [3.63, 3.8) is 0 Å². The Labute approximate surface area is 373 Å². The van der Waals surface area contributed by atoms with Crippen molar-refractivity contribution in [2.24, 2.45) is 29.6 Å². The van der Waals surface area contributed by atoms with E-state index in [1.165, 1.54) is 14.0 Å². The van der Waals surface area contributed by atoms with Gasteiger partial charge >= 0.3 is 5.97 Å². The number of carbonyl (C=O) groups is 1. The van der Waals surface area contributed by atoms with Gasteiger partial charge in [-0.3, -0.25) is 4.79 Å². The topological polar surface area (TPSA) is 220 Å². The number of methoxy groups -OCH3 is 3. The molecule has 7 fully saturated rings. The highest BCUT2D eigenvalue weighted by Gasteiger charge is 2.63. The molecule has 0 aromatic rings. The van der Waals surface area contributed by atoms with Crippen LogP contribution in [0.1, 0.15) is 120 Å². The number of carboxylic acid groups (broad SMARTS) is 1. The molecular weight excluding hydrogens is 824 g/mol. The van der Waals surface area contributed by atoms with Gasteiger partial charge in [0.15, 0.2) is 23.7 Å². The summed E-state index contributed by atoms with van der Waals surface area (Å²) in [7, 11) is 4.75. The van der Waals surface area contributed by atoms with E-state index in [-0.39, 0.29) is 54.9 Å². The summed E-state index contributed by atoms with van der Waals surface area (Å²) in [5.74, 6) is -7.77. The minimum atomic E-state index is -2.16. The summed E-state index contributed by atoms with van der Waals surface area (Å²) < 4.78 is 71.2. The number of rotatable bonds is 12. The Balaban J connectivity index is 1.09. The molecule has 0 aromatic carbocycles. The fourth-order valence-corrected chi connectivity index (χ4v) is 12.3. The molecule has 0 saturated carbocycles. The van der Waals surface area contributed by atoms with Crippen LogP contribution in [-0.2, 0) is 56.9 Å². The molecule has 7 saturated heterocycles. The van der Waals surface area contributed by atoms with E-state index in [1.807, 2.05) is 34.6 Å². The number of aliphatic hydroxyl groups is 4. The Morgan fingerprint density at radius 1 is 0.794 bits per heavy atom. The number of hydrogen-bond acceptors (Lipinski definition) is 16. The molecule has 0 radical (unpaired) electrons. The summed E-state index contributed by atoms with van der Waals surface area (Å²) in [5.41, 5.74) is -1.63. The number of ether oxygens (including phenoxy) is 11. The van der Waals surface area contributed by atoms with Crippen LogP contribution in [0.25, 0.3) is 0 Å². The zero-order valence-electron chi connectivity index (χ0n) is 39.5. The van der Waals surface area contributed by atoms with Crippen LogP contribution in [0.15, 0.2) is 0 Å². The maximum Gasteiger partial charge on any atom is 0.308 e. The standard InChI is InChI=1S/C46H78O17/c1-22-17-23(2)44(9,51)60-36(22)30-18-31(57-34-19-29(53-10)39(54-11)27(6)56-34)41(58-30)43(8)14-13-32(59-43)42(7)15-16-45(63-42)20-28(47)24(3)37(61-45)25(4)38-40(55-12)35(50)26(5)46(52,62-38)21-33(48)49/h22-32,34-41,47,50-52H,13-21H2,1-12H3,(H,48,49). The van der Waals surface area contributed by atoms with Gasteiger partial charge in [-0.2, -0.15) is 0 Å². The fraction of sp³-hybridized carbons (Fsp3) is 0.978. The monoisotopic (exact) mass is 903 g/mol. The van der Waals surface area contributed by atoms with E-state index in [0.29, 0.717) is 38.5 Å². The van der Waals surface area contributed by atoms with Gasteiger partial charge in [-0.05, 0) is 59.3 Å². The molecule has 0 bridgehead atoms. The average Bonchev–Trinajstić information content (AvgIpc) is 3.92. The maximum atomic E-state index is 11.8. The van der Waals surface area contributed by atoms with Crippen molar-refractivity contribution in [2.45, 2.75) is 234 Å². The first-order valence-corrected chi connectivity index (χ1v) is 23.4. The highest BCUT2D eigenvalue weighted by atomic mass is 16.7. The van der Waals surface area contributed by atoms with Gasteiger partial charge in [-0.15, -0.1) is 0 Å². The Bertz CT molecular complexity index is 1590. The van der Waals surface area contributed by atoms with Gasteiger partial charge in [0.2, 0.25) is 0 Å². The van der Waals surface area contributed by atoms with Crippen LogP contribution < -0.4 is 0 Å². The second-order valence-electron chi connectivity index (χ2n) is 21.1. The molecule has 63 heavy (non-hydrogen) atoms. The summed E-state index contributed by atoms with van der Waals surface area (Å²) in [6.45, 7) is 17.2. The quantitative estimate of drug-likeness (QED) is 0.189. The minimum Gasteiger partial charge on any atom is -0.481 e. The van der Waals surface area contributed by atoms with Crippen molar-refractivity contribution < 1.29 is 82.4 Å². The van der Waals surface area contributed by atoms with E-state index in [9.17, 15) is 30.3 Å². The van der Waals surface area contributed by atoms with E-state index in [0.717, 1.165) is 6.42 Å². The first-order chi connectivity index (χ1) is 29.4.